The molecular formula is C17H15N5O3S. The summed E-state index contributed by atoms with van der Waals surface area (Å²) in [6.45, 7) is 2.45. The number of para-hydroxylation sites is 1. The molecule has 0 fully saturated rings. The van der Waals surface area contributed by atoms with Gasteiger partial charge >= 0.3 is 0 Å². The predicted molar refractivity (Wildman–Crippen MR) is 100 cm³/mol. The maximum atomic E-state index is 11.1. The fourth-order valence-corrected chi connectivity index (χ4v) is 2.54. The fourth-order valence-electron chi connectivity index (χ4n) is 2.36. The van der Waals surface area contributed by atoms with Crippen molar-refractivity contribution in [1.29, 1.82) is 0 Å². The van der Waals surface area contributed by atoms with Crippen LogP contribution in [-0.4, -0.2) is 32.6 Å². The Morgan fingerprint density at radius 2 is 2.15 bits per heavy atom. The van der Waals surface area contributed by atoms with Crippen LogP contribution in [0.3, 0.4) is 0 Å². The molecule has 0 saturated heterocycles. The number of benzene rings is 2. The Morgan fingerprint density at radius 3 is 2.92 bits per heavy atom. The molecule has 26 heavy (non-hydrogen) atoms. The molecule has 0 amide bonds. The molecule has 1 aromatic heterocycles. The van der Waals surface area contributed by atoms with Crippen molar-refractivity contribution < 1.29 is 9.66 Å². The van der Waals surface area contributed by atoms with Gasteiger partial charge in [0.15, 0.2) is 5.82 Å². The average Bonchev–Trinajstić information content (AvgIpc) is 3.01. The summed E-state index contributed by atoms with van der Waals surface area (Å²) in [5.41, 5.74) is 1.09. The van der Waals surface area contributed by atoms with E-state index in [4.69, 9.17) is 17.0 Å². The summed E-state index contributed by atoms with van der Waals surface area (Å²) in [6, 6.07) is 13.7. The SMILES string of the molecule is CCOc1cccc(-c2n[nH]c(=S)n2N=Cc2ccccc2[N+](=O)[O-])c1. The monoisotopic (exact) mass is 369 g/mol. The molecule has 0 atom stereocenters. The Labute approximate surface area is 153 Å². The summed E-state index contributed by atoms with van der Waals surface area (Å²) >= 11 is 5.22. The average molecular weight is 369 g/mol. The molecular weight excluding hydrogens is 354 g/mol. The van der Waals surface area contributed by atoms with Gasteiger partial charge in [-0.15, -0.1) is 0 Å². The second-order valence-corrected chi connectivity index (χ2v) is 5.57. The third-order valence-corrected chi connectivity index (χ3v) is 3.76. The summed E-state index contributed by atoms with van der Waals surface area (Å²) in [6.07, 6.45) is 1.39. The minimum absolute atomic E-state index is 0.0360. The second-order valence-electron chi connectivity index (χ2n) is 5.19. The van der Waals surface area contributed by atoms with Gasteiger partial charge in [-0.05, 0) is 37.3 Å². The van der Waals surface area contributed by atoms with E-state index in [1.165, 1.54) is 17.0 Å². The van der Waals surface area contributed by atoms with E-state index in [0.717, 1.165) is 5.56 Å². The smallest absolute Gasteiger partial charge is 0.278 e. The highest BCUT2D eigenvalue weighted by atomic mass is 32.1. The number of hydrogen-bond donors (Lipinski definition) is 1. The number of nitrogens with one attached hydrogen (secondary N) is 1. The van der Waals surface area contributed by atoms with E-state index in [1.807, 2.05) is 31.2 Å². The Bertz CT molecular complexity index is 1020. The van der Waals surface area contributed by atoms with Gasteiger partial charge in [0, 0.05) is 11.6 Å². The van der Waals surface area contributed by atoms with Crippen molar-refractivity contribution in [3.63, 3.8) is 0 Å². The van der Waals surface area contributed by atoms with Crippen LogP contribution >= 0.6 is 12.2 Å². The molecule has 9 heteroatoms. The molecule has 0 aliphatic carbocycles. The van der Waals surface area contributed by atoms with Gasteiger partial charge in [-0.1, -0.05) is 24.3 Å². The first kappa shape index (κ1) is 17.5. The molecule has 0 radical (unpaired) electrons. The van der Waals surface area contributed by atoms with Gasteiger partial charge in [-0.3, -0.25) is 10.1 Å². The molecule has 1 heterocycles. The molecule has 3 rings (SSSR count). The highest BCUT2D eigenvalue weighted by Gasteiger charge is 2.12. The van der Waals surface area contributed by atoms with E-state index in [1.54, 1.807) is 18.2 Å². The maximum Gasteiger partial charge on any atom is 0.278 e. The van der Waals surface area contributed by atoms with E-state index in [2.05, 4.69) is 15.3 Å². The number of H-pyrrole nitrogens is 1. The molecule has 0 saturated carbocycles. The quantitative estimate of drug-likeness (QED) is 0.308. The first-order valence-corrected chi connectivity index (χ1v) is 8.19. The van der Waals surface area contributed by atoms with Crippen molar-refractivity contribution in [2.75, 3.05) is 6.61 Å². The molecule has 0 bridgehead atoms. The maximum absolute atomic E-state index is 11.1. The number of nitro groups is 1. The van der Waals surface area contributed by atoms with Crippen LogP contribution in [0.4, 0.5) is 5.69 Å². The number of nitro benzene ring substituents is 1. The summed E-state index contributed by atoms with van der Waals surface area (Å²) in [5, 5.41) is 22.3. The zero-order chi connectivity index (χ0) is 18.5. The number of hydrogen-bond acceptors (Lipinski definition) is 6. The van der Waals surface area contributed by atoms with E-state index in [9.17, 15) is 10.1 Å². The lowest BCUT2D eigenvalue weighted by molar-refractivity contribution is -0.385. The van der Waals surface area contributed by atoms with Crippen LogP contribution in [0.1, 0.15) is 12.5 Å². The third kappa shape index (κ3) is 3.67. The zero-order valence-corrected chi connectivity index (χ0v) is 14.6. The highest BCUT2D eigenvalue weighted by Crippen LogP contribution is 2.23. The minimum atomic E-state index is -0.456. The molecule has 1 N–H and O–H groups in total. The number of aromatic nitrogens is 3. The Balaban J connectivity index is 2.01. The van der Waals surface area contributed by atoms with Crippen molar-refractivity contribution in [3.8, 4) is 17.1 Å². The van der Waals surface area contributed by atoms with Gasteiger partial charge in [0.2, 0.25) is 4.77 Å². The summed E-state index contributed by atoms with van der Waals surface area (Å²) < 4.78 is 7.19. The summed E-state index contributed by atoms with van der Waals surface area (Å²) in [4.78, 5) is 10.7. The largest absolute Gasteiger partial charge is 0.494 e. The number of nitrogens with zero attached hydrogens (tertiary/aromatic N) is 4. The van der Waals surface area contributed by atoms with Gasteiger partial charge in [0.25, 0.3) is 5.69 Å². The number of ether oxygens (including phenoxy) is 1. The van der Waals surface area contributed by atoms with Crippen LogP contribution in [0.2, 0.25) is 0 Å². The van der Waals surface area contributed by atoms with Gasteiger partial charge < -0.3 is 4.74 Å². The Hall–Kier alpha value is -3.33. The third-order valence-electron chi connectivity index (χ3n) is 3.50. The van der Waals surface area contributed by atoms with Crippen LogP contribution in [-0.2, 0) is 0 Å². The van der Waals surface area contributed by atoms with Gasteiger partial charge in [0.1, 0.15) is 5.75 Å². The normalized spacial score (nSPS) is 11.0. The summed E-state index contributed by atoms with van der Waals surface area (Å²) in [5.74, 6) is 1.18. The molecule has 3 aromatic rings. The molecule has 0 aliphatic heterocycles. The van der Waals surface area contributed by atoms with Crippen molar-refractivity contribution in [1.82, 2.24) is 14.9 Å². The zero-order valence-electron chi connectivity index (χ0n) is 13.8. The second kappa shape index (κ2) is 7.70. The molecule has 0 spiro atoms. The lowest BCUT2D eigenvalue weighted by atomic mass is 10.2. The number of aromatic amines is 1. The van der Waals surface area contributed by atoms with E-state index in [0.29, 0.717) is 23.7 Å². The predicted octanol–water partition coefficient (Wildman–Crippen LogP) is 3.80. The lowest BCUT2D eigenvalue weighted by Crippen LogP contribution is -1.98. The van der Waals surface area contributed by atoms with E-state index < -0.39 is 4.92 Å². The van der Waals surface area contributed by atoms with E-state index in [-0.39, 0.29) is 10.5 Å². The molecule has 132 valence electrons. The molecule has 0 aliphatic rings. The van der Waals surface area contributed by atoms with Crippen molar-refractivity contribution in [2.24, 2.45) is 5.10 Å². The molecule has 2 aromatic carbocycles. The topological polar surface area (TPSA) is 98.3 Å². The standard InChI is InChI=1S/C17H15N5O3S/c1-2-25-14-8-5-7-12(10-14)16-19-20-17(26)21(16)18-11-13-6-3-4-9-15(13)22(23)24/h3-11H,2H2,1H3,(H,20,26). The highest BCUT2D eigenvalue weighted by molar-refractivity contribution is 7.71. The van der Waals surface area contributed by atoms with E-state index >= 15 is 0 Å². The van der Waals surface area contributed by atoms with Crippen LogP contribution < -0.4 is 4.74 Å². The Morgan fingerprint density at radius 1 is 1.35 bits per heavy atom. The minimum Gasteiger partial charge on any atom is -0.494 e. The van der Waals surface area contributed by atoms with Crippen LogP contribution in [0.25, 0.3) is 11.4 Å². The lowest BCUT2D eigenvalue weighted by Gasteiger charge is -2.05. The van der Waals surface area contributed by atoms with Gasteiger partial charge in [-0.25, -0.2) is 5.10 Å². The van der Waals surface area contributed by atoms with Crippen LogP contribution in [0, 0.1) is 14.9 Å². The van der Waals surface area contributed by atoms with Crippen molar-refractivity contribution in [3.05, 3.63) is 69.0 Å². The van der Waals surface area contributed by atoms with Crippen molar-refractivity contribution in [2.45, 2.75) is 6.92 Å². The first-order chi connectivity index (χ1) is 12.6. The van der Waals surface area contributed by atoms with Gasteiger partial charge in [0.05, 0.1) is 23.3 Å². The molecule has 8 nitrogen and oxygen atoms in total. The summed E-state index contributed by atoms with van der Waals surface area (Å²) in [7, 11) is 0. The van der Waals surface area contributed by atoms with Crippen LogP contribution in [0.15, 0.2) is 53.6 Å². The van der Waals surface area contributed by atoms with Gasteiger partial charge in [-0.2, -0.15) is 14.9 Å². The van der Waals surface area contributed by atoms with Crippen molar-refractivity contribution >= 4 is 24.1 Å². The molecule has 0 unspecified atom stereocenters. The Kier molecular flexibility index (Phi) is 5.18. The fraction of sp³-hybridized carbons (Fsp3) is 0.118. The first-order valence-electron chi connectivity index (χ1n) is 7.78. The number of rotatable bonds is 6. The van der Waals surface area contributed by atoms with Crippen LogP contribution in [0.5, 0.6) is 5.75 Å².